The van der Waals surface area contributed by atoms with Crippen LogP contribution in [-0.2, 0) is 0 Å². The highest BCUT2D eigenvalue weighted by atomic mass is 35.5. The predicted octanol–water partition coefficient (Wildman–Crippen LogP) is 4.56. The fraction of sp³-hybridized carbons (Fsp3) is 0.538. The minimum atomic E-state index is 0.413. The molecule has 16 heavy (non-hydrogen) atoms. The summed E-state index contributed by atoms with van der Waals surface area (Å²) in [5, 5.41) is 4.46. The molecule has 3 rings (SSSR count). The van der Waals surface area contributed by atoms with Gasteiger partial charge >= 0.3 is 0 Å². The Labute approximate surface area is 106 Å². The number of halogens is 1. The van der Waals surface area contributed by atoms with Crippen LogP contribution in [0.1, 0.15) is 32.1 Å². The number of thioether (sulfide) groups is 1. The van der Waals surface area contributed by atoms with E-state index in [-0.39, 0.29) is 0 Å². The second-order valence-electron chi connectivity index (χ2n) is 4.82. The van der Waals surface area contributed by atoms with Gasteiger partial charge in [-0.3, -0.25) is 0 Å². The summed E-state index contributed by atoms with van der Waals surface area (Å²) in [6.45, 7) is 1.10. The van der Waals surface area contributed by atoms with E-state index in [1.165, 1.54) is 42.7 Å². The van der Waals surface area contributed by atoms with Gasteiger partial charge in [0.1, 0.15) is 0 Å². The highest BCUT2D eigenvalue weighted by Gasteiger charge is 2.37. The summed E-state index contributed by atoms with van der Waals surface area (Å²) in [4.78, 5) is 1.26. The molecule has 0 atom stereocenters. The van der Waals surface area contributed by atoms with Crippen LogP contribution in [0.3, 0.4) is 0 Å². The molecule has 1 nitrogen and oxygen atoms in total. The molecule has 0 radical (unpaired) electrons. The second-order valence-corrected chi connectivity index (χ2v) is 6.70. The minimum Gasteiger partial charge on any atom is -0.383 e. The monoisotopic (exact) mass is 253 g/mol. The number of rotatable bonds is 0. The first-order chi connectivity index (χ1) is 7.79. The summed E-state index contributed by atoms with van der Waals surface area (Å²) >= 11 is 8.30. The Kier molecular flexibility index (Phi) is 2.80. The van der Waals surface area contributed by atoms with E-state index in [2.05, 4.69) is 11.4 Å². The van der Waals surface area contributed by atoms with Crippen LogP contribution in [0.5, 0.6) is 0 Å². The number of nitrogens with one attached hydrogen (secondary N) is 1. The van der Waals surface area contributed by atoms with Gasteiger partial charge in [0.2, 0.25) is 0 Å². The summed E-state index contributed by atoms with van der Waals surface area (Å²) < 4.78 is 0.413. The van der Waals surface area contributed by atoms with Crippen molar-refractivity contribution in [3.63, 3.8) is 0 Å². The van der Waals surface area contributed by atoms with Gasteiger partial charge in [-0.05, 0) is 25.0 Å². The lowest BCUT2D eigenvalue weighted by Crippen LogP contribution is -2.38. The van der Waals surface area contributed by atoms with Crippen LogP contribution < -0.4 is 5.32 Å². The van der Waals surface area contributed by atoms with Gasteiger partial charge in [0.05, 0.1) is 5.02 Å². The van der Waals surface area contributed by atoms with Gasteiger partial charge < -0.3 is 5.32 Å². The molecule has 1 aliphatic heterocycles. The van der Waals surface area contributed by atoms with Crippen LogP contribution in [0.25, 0.3) is 0 Å². The van der Waals surface area contributed by atoms with Crippen LogP contribution in [0.2, 0.25) is 5.02 Å². The fourth-order valence-electron chi connectivity index (χ4n) is 2.74. The van der Waals surface area contributed by atoms with Crippen molar-refractivity contribution in [2.24, 2.45) is 0 Å². The topological polar surface area (TPSA) is 12.0 Å². The van der Waals surface area contributed by atoms with E-state index in [0.29, 0.717) is 4.75 Å². The number of anilines is 1. The van der Waals surface area contributed by atoms with E-state index in [1.54, 1.807) is 0 Å². The summed E-state index contributed by atoms with van der Waals surface area (Å²) in [5.41, 5.74) is 1.22. The maximum atomic E-state index is 6.28. The van der Waals surface area contributed by atoms with Crippen LogP contribution in [0.15, 0.2) is 23.1 Å². The molecule has 1 aromatic carbocycles. The van der Waals surface area contributed by atoms with E-state index in [9.17, 15) is 0 Å². The Hall–Kier alpha value is -0.340. The standard InChI is InChI=1S/C13H16ClNS/c14-10-5-4-6-11-12(10)16-13(9-15-11)7-2-1-3-8-13/h4-6,15H,1-3,7-9H2. The zero-order valence-corrected chi connectivity index (χ0v) is 10.8. The van der Waals surface area contributed by atoms with Gasteiger partial charge in [0, 0.05) is 21.9 Å². The lowest BCUT2D eigenvalue weighted by Gasteiger charge is -2.41. The highest BCUT2D eigenvalue weighted by Crippen LogP contribution is 2.51. The molecule has 0 aromatic heterocycles. The summed E-state index contributed by atoms with van der Waals surface area (Å²) in [6, 6.07) is 6.15. The maximum absolute atomic E-state index is 6.28. The van der Waals surface area contributed by atoms with Crippen molar-refractivity contribution in [2.45, 2.75) is 41.7 Å². The molecule has 86 valence electrons. The van der Waals surface area contributed by atoms with Gasteiger partial charge in [-0.2, -0.15) is 0 Å². The molecule has 2 aliphatic rings. The molecular weight excluding hydrogens is 238 g/mol. The normalized spacial score (nSPS) is 22.6. The Morgan fingerprint density at radius 1 is 1.19 bits per heavy atom. The van der Waals surface area contributed by atoms with Crippen molar-refractivity contribution in [3.05, 3.63) is 23.2 Å². The number of hydrogen-bond donors (Lipinski definition) is 1. The Balaban J connectivity index is 1.92. The summed E-state index contributed by atoms with van der Waals surface area (Å²) in [6.07, 6.45) is 6.80. The average molecular weight is 254 g/mol. The molecular formula is C13H16ClNS. The summed E-state index contributed by atoms with van der Waals surface area (Å²) in [5.74, 6) is 0. The number of hydrogen-bond acceptors (Lipinski definition) is 2. The molecule has 1 N–H and O–H groups in total. The van der Waals surface area contributed by atoms with E-state index in [0.717, 1.165) is 11.6 Å². The third-order valence-corrected chi connectivity index (χ3v) is 5.71. The zero-order valence-electron chi connectivity index (χ0n) is 9.26. The van der Waals surface area contributed by atoms with Gasteiger partial charge in [-0.1, -0.05) is 36.9 Å². The van der Waals surface area contributed by atoms with Crippen LogP contribution >= 0.6 is 23.4 Å². The molecule has 1 heterocycles. The van der Waals surface area contributed by atoms with Crippen LogP contribution in [0.4, 0.5) is 5.69 Å². The van der Waals surface area contributed by atoms with Crippen LogP contribution in [-0.4, -0.2) is 11.3 Å². The molecule has 1 aromatic rings. The van der Waals surface area contributed by atoms with Crippen molar-refractivity contribution in [3.8, 4) is 0 Å². The lowest BCUT2D eigenvalue weighted by molar-refractivity contribution is 0.408. The molecule has 0 bridgehead atoms. The Bertz CT molecular complexity index is 399. The zero-order chi connectivity index (χ0) is 11.0. The van der Waals surface area contributed by atoms with E-state index >= 15 is 0 Å². The smallest absolute Gasteiger partial charge is 0.0563 e. The van der Waals surface area contributed by atoms with Crippen molar-refractivity contribution in [1.29, 1.82) is 0 Å². The second kappa shape index (κ2) is 4.15. The highest BCUT2D eigenvalue weighted by molar-refractivity contribution is 8.01. The van der Waals surface area contributed by atoms with Crippen molar-refractivity contribution >= 4 is 29.1 Å². The predicted molar refractivity (Wildman–Crippen MR) is 71.6 cm³/mol. The molecule has 0 amide bonds. The first-order valence-electron chi connectivity index (χ1n) is 6.01. The van der Waals surface area contributed by atoms with Gasteiger partial charge in [0.15, 0.2) is 0 Å². The number of benzene rings is 1. The molecule has 3 heteroatoms. The third kappa shape index (κ3) is 1.82. The number of fused-ring (bicyclic) bond motifs is 1. The van der Waals surface area contributed by atoms with Crippen molar-refractivity contribution < 1.29 is 0 Å². The Morgan fingerprint density at radius 2 is 2.00 bits per heavy atom. The first kappa shape index (κ1) is 10.8. The van der Waals surface area contributed by atoms with Crippen LogP contribution in [0, 0.1) is 0 Å². The average Bonchev–Trinajstić information content (AvgIpc) is 2.32. The molecule has 1 saturated carbocycles. The molecule has 0 saturated heterocycles. The van der Waals surface area contributed by atoms with Gasteiger partial charge in [-0.15, -0.1) is 11.8 Å². The largest absolute Gasteiger partial charge is 0.383 e. The van der Waals surface area contributed by atoms with E-state index in [4.69, 9.17) is 11.6 Å². The first-order valence-corrected chi connectivity index (χ1v) is 7.20. The van der Waals surface area contributed by atoms with Crippen molar-refractivity contribution in [1.82, 2.24) is 0 Å². The fourth-order valence-corrected chi connectivity index (χ4v) is 4.51. The summed E-state index contributed by atoms with van der Waals surface area (Å²) in [7, 11) is 0. The third-order valence-electron chi connectivity index (χ3n) is 3.65. The van der Waals surface area contributed by atoms with E-state index in [1.807, 2.05) is 23.9 Å². The molecule has 1 spiro atoms. The quantitative estimate of drug-likeness (QED) is 0.727. The lowest BCUT2D eigenvalue weighted by atomic mass is 9.88. The molecule has 1 aliphatic carbocycles. The van der Waals surface area contributed by atoms with Gasteiger partial charge in [0.25, 0.3) is 0 Å². The Morgan fingerprint density at radius 3 is 2.81 bits per heavy atom. The molecule has 1 fully saturated rings. The van der Waals surface area contributed by atoms with E-state index < -0.39 is 0 Å². The minimum absolute atomic E-state index is 0.413. The maximum Gasteiger partial charge on any atom is 0.0563 e. The van der Waals surface area contributed by atoms with Crippen molar-refractivity contribution in [2.75, 3.05) is 11.9 Å². The van der Waals surface area contributed by atoms with Gasteiger partial charge in [-0.25, -0.2) is 0 Å². The molecule has 0 unspecified atom stereocenters. The SMILES string of the molecule is Clc1cccc2c1SC1(CCCCC1)CN2.